The highest BCUT2D eigenvalue weighted by molar-refractivity contribution is 5.94. The van der Waals surface area contributed by atoms with Crippen LogP contribution in [0, 0.1) is 5.41 Å². The van der Waals surface area contributed by atoms with Gasteiger partial charge in [0.15, 0.2) is 0 Å². The van der Waals surface area contributed by atoms with E-state index in [4.69, 9.17) is 20.6 Å². The van der Waals surface area contributed by atoms with Gasteiger partial charge in [-0.25, -0.2) is 4.57 Å². The zero-order valence-electron chi connectivity index (χ0n) is 19.3. The molecule has 0 radical (unpaired) electrons. The second kappa shape index (κ2) is 11.1. The van der Waals surface area contributed by atoms with Crippen molar-refractivity contribution in [3.63, 3.8) is 0 Å². The van der Waals surface area contributed by atoms with E-state index < -0.39 is 23.3 Å². The van der Waals surface area contributed by atoms with E-state index in [0.29, 0.717) is 16.8 Å². The molecule has 0 saturated heterocycles. The van der Waals surface area contributed by atoms with Gasteiger partial charge in [0.1, 0.15) is 11.5 Å². The van der Waals surface area contributed by atoms with Crippen molar-refractivity contribution >= 4 is 29.1 Å². The maximum absolute atomic E-state index is 13.4. The molecule has 35 heavy (non-hydrogen) atoms. The number of nitrogen functional groups attached to an aromatic ring is 1. The first-order chi connectivity index (χ1) is 16.8. The number of carbonyl (C=O) groups excluding carboxylic acids is 2. The number of nitrogens with two attached hydrogens (primary N) is 1. The highest BCUT2D eigenvalue weighted by atomic mass is 16.7. The summed E-state index contributed by atoms with van der Waals surface area (Å²) in [6.07, 6.45) is 4.42. The van der Waals surface area contributed by atoms with E-state index in [2.05, 4.69) is 15.6 Å². The maximum Gasteiger partial charge on any atom is 0.387 e. The molecular formula is C24H26N6O5. The Morgan fingerprint density at radius 2 is 1.91 bits per heavy atom. The molecule has 0 saturated carbocycles. The lowest BCUT2D eigenvalue weighted by Crippen LogP contribution is -2.56. The minimum absolute atomic E-state index is 0.0372. The van der Waals surface area contributed by atoms with Crippen LogP contribution >= 0.6 is 0 Å². The molecule has 11 heteroatoms. The number of nitrogens with zero attached hydrogens (tertiary/aromatic N) is 2. The molecule has 0 fully saturated rings. The van der Waals surface area contributed by atoms with Crippen molar-refractivity contribution in [3.05, 3.63) is 88.6 Å². The van der Waals surface area contributed by atoms with E-state index in [1.165, 1.54) is 24.5 Å². The molecule has 3 rings (SSSR count). The number of esters is 1. The summed E-state index contributed by atoms with van der Waals surface area (Å²) < 4.78 is 11.9. The number of rotatable bonds is 10. The van der Waals surface area contributed by atoms with E-state index in [9.17, 15) is 14.4 Å². The monoisotopic (exact) mass is 478 g/mol. The second-order valence-electron chi connectivity index (χ2n) is 7.37. The van der Waals surface area contributed by atoms with Crippen LogP contribution in [-0.4, -0.2) is 33.9 Å². The lowest BCUT2D eigenvalue weighted by molar-refractivity contribution is -0.264. The Kier molecular flexibility index (Phi) is 7.95. The molecule has 1 atom stereocenters. The SMILES string of the molecule is CCOC(OC(C)=O)(C(=O)NCc1ccc(C(=N)N)cc1)n1cccc(Nc2cccnc2)c1=O. The molecule has 0 aliphatic rings. The topological polar surface area (TPSA) is 161 Å². The number of amides is 1. The number of ether oxygens (including phenoxy) is 2. The van der Waals surface area contributed by atoms with Gasteiger partial charge in [0.2, 0.25) is 0 Å². The molecular weight excluding hydrogens is 452 g/mol. The Hall–Kier alpha value is -4.51. The fraction of sp³-hybridized carbons (Fsp3) is 0.208. The van der Waals surface area contributed by atoms with Gasteiger partial charge in [-0.05, 0) is 36.8 Å². The minimum Gasteiger partial charge on any atom is -0.405 e. The second-order valence-corrected chi connectivity index (χ2v) is 7.37. The Labute approximate surface area is 201 Å². The minimum atomic E-state index is -2.39. The maximum atomic E-state index is 13.4. The van der Waals surface area contributed by atoms with Crippen molar-refractivity contribution < 1.29 is 19.1 Å². The van der Waals surface area contributed by atoms with E-state index in [1.807, 2.05) is 0 Å². The number of hydrogen-bond donors (Lipinski definition) is 4. The first-order valence-electron chi connectivity index (χ1n) is 10.7. The largest absolute Gasteiger partial charge is 0.405 e. The van der Waals surface area contributed by atoms with Crippen molar-refractivity contribution in [1.82, 2.24) is 14.9 Å². The molecule has 0 aliphatic heterocycles. The van der Waals surface area contributed by atoms with E-state index in [1.54, 1.807) is 49.5 Å². The predicted molar refractivity (Wildman–Crippen MR) is 129 cm³/mol. The standard InChI is InChI=1S/C24H26N6O5/c1-3-34-24(35-16(2)31,23(33)28-14-17-8-10-18(11-9-17)21(25)26)30-13-5-7-20(22(30)32)29-19-6-4-12-27-15-19/h4-13,15,29H,3,14H2,1-2H3,(H3,25,26)(H,28,33). The Bertz CT molecular complexity index is 1260. The summed E-state index contributed by atoms with van der Waals surface area (Å²) in [6, 6.07) is 13.1. The third-order valence-corrected chi connectivity index (χ3v) is 4.83. The quantitative estimate of drug-likeness (QED) is 0.148. The number of hydrogen-bond acceptors (Lipinski definition) is 8. The summed E-state index contributed by atoms with van der Waals surface area (Å²) >= 11 is 0. The van der Waals surface area contributed by atoms with Gasteiger partial charge in [-0.15, -0.1) is 0 Å². The third-order valence-electron chi connectivity index (χ3n) is 4.83. The zero-order chi connectivity index (χ0) is 25.4. The lowest BCUT2D eigenvalue weighted by Gasteiger charge is -2.32. The molecule has 1 unspecified atom stereocenters. The number of amidine groups is 1. The molecule has 2 aromatic heterocycles. The van der Waals surface area contributed by atoms with Gasteiger partial charge in [-0.1, -0.05) is 24.3 Å². The van der Waals surface area contributed by atoms with Gasteiger partial charge >= 0.3 is 17.8 Å². The van der Waals surface area contributed by atoms with Crippen LogP contribution in [-0.2, 0) is 31.5 Å². The first kappa shape index (κ1) is 25.1. The summed E-state index contributed by atoms with van der Waals surface area (Å²) in [5.74, 6) is -4.14. The van der Waals surface area contributed by atoms with Crippen LogP contribution in [0.4, 0.5) is 11.4 Å². The molecule has 0 bridgehead atoms. The fourth-order valence-electron chi connectivity index (χ4n) is 3.27. The fourth-order valence-corrected chi connectivity index (χ4v) is 3.27. The van der Waals surface area contributed by atoms with Crippen molar-refractivity contribution in [2.75, 3.05) is 11.9 Å². The third kappa shape index (κ3) is 5.89. The molecule has 3 aromatic rings. The normalized spacial score (nSPS) is 12.3. The van der Waals surface area contributed by atoms with Gasteiger partial charge in [0.05, 0.1) is 18.5 Å². The summed E-state index contributed by atoms with van der Waals surface area (Å²) in [5.41, 5.74) is 6.70. The van der Waals surface area contributed by atoms with Gasteiger partial charge in [0, 0.05) is 31.4 Å². The number of carbonyl (C=O) groups is 2. The van der Waals surface area contributed by atoms with Crippen molar-refractivity contribution in [2.24, 2.45) is 5.73 Å². The molecule has 11 nitrogen and oxygen atoms in total. The van der Waals surface area contributed by atoms with Gasteiger partial charge < -0.3 is 25.8 Å². The summed E-state index contributed by atoms with van der Waals surface area (Å²) in [5, 5.41) is 13.1. The molecule has 0 aliphatic carbocycles. The molecule has 2 heterocycles. The molecule has 1 aromatic carbocycles. The van der Waals surface area contributed by atoms with Crippen LogP contribution < -0.4 is 21.9 Å². The highest BCUT2D eigenvalue weighted by Crippen LogP contribution is 2.22. The highest BCUT2D eigenvalue weighted by Gasteiger charge is 2.46. The van der Waals surface area contributed by atoms with Crippen LogP contribution in [0.2, 0.25) is 0 Å². The van der Waals surface area contributed by atoms with Crippen LogP contribution in [0.3, 0.4) is 0 Å². The van der Waals surface area contributed by atoms with Crippen LogP contribution in [0.1, 0.15) is 25.0 Å². The predicted octanol–water partition coefficient (Wildman–Crippen LogP) is 1.80. The number of nitrogens with one attached hydrogen (secondary N) is 3. The lowest BCUT2D eigenvalue weighted by atomic mass is 10.1. The Morgan fingerprint density at radius 3 is 2.51 bits per heavy atom. The van der Waals surface area contributed by atoms with Gasteiger partial charge in [-0.2, -0.15) is 0 Å². The molecule has 1 amide bonds. The van der Waals surface area contributed by atoms with Crippen molar-refractivity contribution in [2.45, 2.75) is 26.3 Å². The molecule has 0 spiro atoms. The zero-order valence-corrected chi connectivity index (χ0v) is 19.3. The van der Waals surface area contributed by atoms with Crippen LogP contribution in [0.5, 0.6) is 0 Å². The Balaban J connectivity index is 1.96. The van der Waals surface area contributed by atoms with Gasteiger partial charge in [-0.3, -0.25) is 24.8 Å². The van der Waals surface area contributed by atoms with E-state index in [0.717, 1.165) is 11.5 Å². The summed E-state index contributed by atoms with van der Waals surface area (Å²) in [7, 11) is 0. The summed E-state index contributed by atoms with van der Waals surface area (Å²) in [4.78, 5) is 42.8. The molecule has 5 N–H and O–H groups in total. The van der Waals surface area contributed by atoms with Crippen LogP contribution in [0.25, 0.3) is 0 Å². The smallest absolute Gasteiger partial charge is 0.387 e. The Morgan fingerprint density at radius 1 is 1.17 bits per heavy atom. The summed E-state index contributed by atoms with van der Waals surface area (Å²) in [6.45, 7) is 2.72. The first-order valence-corrected chi connectivity index (χ1v) is 10.7. The van der Waals surface area contributed by atoms with Crippen molar-refractivity contribution in [1.29, 1.82) is 5.41 Å². The molecule has 182 valence electrons. The number of pyridine rings is 2. The van der Waals surface area contributed by atoms with Crippen molar-refractivity contribution in [3.8, 4) is 0 Å². The van der Waals surface area contributed by atoms with E-state index in [-0.39, 0.29) is 24.7 Å². The van der Waals surface area contributed by atoms with Crippen LogP contribution in [0.15, 0.2) is 71.9 Å². The number of anilines is 2. The average molecular weight is 479 g/mol. The van der Waals surface area contributed by atoms with Gasteiger partial charge in [0.25, 0.3) is 5.56 Å². The average Bonchev–Trinajstić information content (AvgIpc) is 2.84. The number of benzene rings is 1. The van der Waals surface area contributed by atoms with E-state index >= 15 is 0 Å². The number of aromatic nitrogens is 2.